The molecule has 0 saturated carbocycles. The Morgan fingerprint density at radius 3 is 2.42 bits per heavy atom. The molecule has 1 aromatic carbocycles. The summed E-state index contributed by atoms with van der Waals surface area (Å²) in [6.07, 6.45) is 0. The van der Waals surface area contributed by atoms with Crippen molar-refractivity contribution in [1.82, 2.24) is 4.90 Å². The van der Waals surface area contributed by atoms with Gasteiger partial charge in [0, 0.05) is 26.2 Å². The number of ether oxygens (including phenoxy) is 2. The van der Waals surface area contributed by atoms with E-state index in [0.717, 1.165) is 37.6 Å². The van der Waals surface area contributed by atoms with Crippen LogP contribution in [0.1, 0.15) is 10.4 Å². The molecule has 19 heavy (non-hydrogen) atoms. The molecule has 1 heterocycles. The third-order valence-electron chi connectivity index (χ3n) is 3.44. The molecule has 0 aliphatic carbocycles. The van der Waals surface area contributed by atoms with Gasteiger partial charge in [0.2, 0.25) is 0 Å². The van der Waals surface area contributed by atoms with E-state index in [0.29, 0.717) is 5.56 Å². The van der Waals surface area contributed by atoms with Gasteiger partial charge >= 0.3 is 5.97 Å². The molecule has 0 amide bonds. The van der Waals surface area contributed by atoms with E-state index >= 15 is 0 Å². The summed E-state index contributed by atoms with van der Waals surface area (Å²) in [5.74, 6) is 0.468. The van der Waals surface area contributed by atoms with Crippen LogP contribution in [0.3, 0.4) is 0 Å². The van der Waals surface area contributed by atoms with E-state index in [1.807, 2.05) is 12.1 Å². The van der Waals surface area contributed by atoms with Gasteiger partial charge in [0.05, 0.1) is 25.5 Å². The second-order valence-electron chi connectivity index (χ2n) is 4.67. The number of piperazine rings is 1. The first-order valence-corrected chi connectivity index (χ1v) is 6.35. The Morgan fingerprint density at radius 2 is 1.84 bits per heavy atom. The molecule has 0 N–H and O–H groups in total. The second-order valence-corrected chi connectivity index (χ2v) is 4.67. The van der Waals surface area contributed by atoms with Crippen molar-refractivity contribution >= 4 is 11.7 Å². The van der Waals surface area contributed by atoms with Crippen LogP contribution >= 0.6 is 0 Å². The van der Waals surface area contributed by atoms with Gasteiger partial charge in [-0.3, -0.25) is 0 Å². The van der Waals surface area contributed by atoms with Gasteiger partial charge in [0.15, 0.2) is 0 Å². The predicted octanol–water partition coefficient (Wildman–Crippen LogP) is 1.23. The lowest BCUT2D eigenvalue weighted by molar-refractivity contribution is 0.0600. The normalized spacial score (nSPS) is 16.3. The average Bonchev–Trinajstić information content (AvgIpc) is 2.46. The van der Waals surface area contributed by atoms with Gasteiger partial charge in [0.25, 0.3) is 0 Å². The highest BCUT2D eigenvalue weighted by molar-refractivity contribution is 5.91. The highest BCUT2D eigenvalue weighted by atomic mass is 16.5. The lowest BCUT2D eigenvalue weighted by Crippen LogP contribution is -2.44. The Kier molecular flexibility index (Phi) is 4.27. The van der Waals surface area contributed by atoms with E-state index in [9.17, 15) is 4.79 Å². The van der Waals surface area contributed by atoms with Crippen molar-refractivity contribution in [3.63, 3.8) is 0 Å². The van der Waals surface area contributed by atoms with Crippen LogP contribution in [-0.2, 0) is 4.74 Å². The summed E-state index contributed by atoms with van der Waals surface area (Å²) in [4.78, 5) is 16.1. The van der Waals surface area contributed by atoms with E-state index in [-0.39, 0.29) is 5.97 Å². The Hall–Kier alpha value is -1.75. The van der Waals surface area contributed by atoms with Gasteiger partial charge in [-0.15, -0.1) is 0 Å². The molecule has 0 atom stereocenters. The summed E-state index contributed by atoms with van der Waals surface area (Å²) in [7, 11) is 5.15. The Bertz CT molecular complexity index is 454. The molecule has 2 rings (SSSR count). The van der Waals surface area contributed by atoms with E-state index < -0.39 is 0 Å². The quantitative estimate of drug-likeness (QED) is 0.768. The van der Waals surface area contributed by atoms with Crippen molar-refractivity contribution in [1.29, 1.82) is 0 Å². The molecule has 1 saturated heterocycles. The SMILES string of the molecule is COC(=O)c1ccc(OC)c(N2CCN(C)CC2)c1. The zero-order chi connectivity index (χ0) is 13.8. The third kappa shape index (κ3) is 2.98. The summed E-state index contributed by atoms with van der Waals surface area (Å²) >= 11 is 0. The van der Waals surface area contributed by atoms with Gasteiger partial charge in [-0.05, 0) is 25.2 Å². The molecule has 0 spiro atoms. The van der Waals surface area contributed by atoms with Crippen molar-refractivity contribution in [3.8, 4) is 5.75 Å². The van der Waals surface area contributed by atoms with Crippen LogP contribution in [-0.4, -0.2) is 58.3 Å². The first-order valence-electron chi connectivity index (χ1n) is 6.35. The van der Waals surface area contributed by atoms with Crippen LogP contribution in [0.5, 0.6) is 5.75 Å². The van der Waals surface area contributed by atoms with Gasteiger partial charge in [0.1, 0.15) is 5.75 Å². The number of esters is 1. The third-order valence-corrected chi connectivity index (χ3v) is 3.44. The minimum absolute atomic E-state index is 0.321. The van der Waals surface area contributed by atoms with E-state index in [1.165, 1.54) is 7.11 Å². The molecular formula is C14H20N2O3. The maximum Gasteiger partial charge on any atom is 0.337 e. The number of rotatable bonds is 3. The summed E-state index contributed by atoms with van der Waals surface area (Å²) < 4.78 is 10.1. The predicted molar refractivity (Wildman–Crippen MR) is 74.0 cm³/mol. The standard InChI is InChI=1S/C14H20N2O3/c1-15-6-8-16(9-7-15)12-10-11(14(17)19-3)4-5-13(12)18-2/h4-5,10H,6-9H2,1-3H3. The zero-order valence-electron chi connectivity index (χ0n) is 11.7. The van der Waals surface area contributed by atoms with Crippen LogP contribution in [0.2, 0.25) is 0 Å². The monoisotopic (exact) mass is 264 g/mol. The molecule has 0 bridgehead atoms. The highest BCUT2D eigenvalue weighted by Gasteiger charge is 2.19. The van der Waals surface area contributed by atoms with Gasteiger partial charge in [-0.1, -0.05) is 0 Å². The lowest BCUT2D eigenvalue weighted by atomic mass is 10.1. The minimum atomic E-state index is -0.321. The van der Waals surface area contributed by atoms with Crippen LogP contribution in [0, 0.1) is 0 Å². The fourth-order valence-electron chi connectivity index (χ4n) is 2.23. The molecule has 1 fully saturated rings. The fraction of sp³-hybridized carbons (Fsp3) is 0.500. The number of methoxy groups -OCH3 is 2. The molecule has 5 heteroatoms. The summed E-state index contributed by atoms with van der Waals surface area (Å²) in [6.45, 7) is 3.87. The number of carbonyl (C=O) groups excluding carboxylic acids is 1. The highest BCUT2D eigenvalue weighted by Crippen LogP contribution is 2.30. The van der Waals surface area contributed by atoms with E-state index in [1.54, 1.807) is 13.2 Å². The fourth-order valence-corrected chi connectivity index (χ4v) is 2.23. The van der Waals surface area contributed by atoms with Crippen LogP contribution < -0.4 is 9.64 Å². The zero-order valence-corrected chi connectivity index (χ0v) is 11.7. The summed E-state index contributed by atoms with van der Waals surface area (Å²) in [5.41, 5.74) is 1.51. The molecule has 0 unspecified atom stereocenters. The van der Waals surface area contributed by atoms with Crippen LogP contribution in [0.15, 0.2) is 18.2 Å². The maximum atomic E-state index is 11.6. The number of benzene rings is 1. The number of anilines is 1. The van der Waals surface area contributed by atoms with Crippen LogP contribution in [0.25, 0.3) is 0 Å². The first kappa shape index (κ1) is 13.7. The smallest absolute Gasteiger partial charge is 0.337 e. The number of likely N-dealkylation sites (N-methyl/N-ethyl adjacent to an activating group) is 1. The molecule has 0 radical (unpaired) electrons. The van der Waals surface area contributed by atoms with Crippen molar-refractivity contribution < 1.29 is 14.3 Å². The van der Waals surface area contributed by atoms with Crippen molar-refractivity contribution in [2.45, 2.75) is 0 Å². The maximum absolute atomic E-state index is 11.6. The van der Waals surface area contributed by atoms with Crippen molar-refractivity contribution in [2.24, 2.45) is 0 Å². The molecule has 1 aliphatic rings. The van der Waals surface area contributed by atoms with Gasteiger partial charge < -0.3 is 19.3 Å². The molecule has 1 aliphatic heterocycles. The second kappa shape index (κ2) is 5.93. The number of hydrogen-bond donors (Lipinski definition) is 0. The van der Waals surface area contributed by atoms with Crippen molar-refractivity contribution in [2.75, 3.05) is 52.3 Å². The first-order chi connectivity index (χ1) is 9.15. The van der Waals surface area contributed by atoms with E-state index in [4.69, 9.17) is 9.47 Å². The minimum Gasteiger partial charge on any atom is -0.495 e. The largest absolute Gasteiger partial charge is 0.495 e. The summed E-state index contributed by atoms with van der Waals surface area (Å²) in [6, 6.07) is 5.39. The average molecular weight is 264 g/mol. The molecule has 1 aromatic rings. The number of hydrogen-bond acceptors (Lipinski definition) is 5. The topological polar surface area (TPSA) is 42.0 Å². The number of carbonyl (C=O) groups is 1. The van der Waals surface area contributed by atoms with Crippen molar-refractivity contribution in [3.05, 3.63) is 23.8 Å². The Labute approximate surface area is 113 Å². The van der Waals surface area contributed by atoms with Gasteiger partial charge in [-0.2, -0.15) is 0 Å². The number of nitrogens with zero attached hydrogens (tertiary/aromatic N) is 2. The van der Waals surface area contributed by atoms with Crippen LogP contribution in [0.4, 0.5) is 5.69 Å². The molecule has 0 aromatic heterocycles. The molecule has 5 nitrogen and oxygen atoms in total. The Balaban J connectivity index is 2.28. The van der Waals surface area contributed by atoms with Gasteiger partial charge in [-0.25, -0.2) is 4.79 Å². The lowest BCUT2D eigenvalue weighted by Gasteiger charge is -2.34. The molecular weight excluding hydrogens is 244 g/mol. The van der Waals surface area contributed by atoms with E-state index in [2.05, 4.69) is 16.8 Å². The summed E-state index contributed by atoms with van der Waals surface area (Å²) in [5, 5.41) is 0. The molecule has 104 valence electrons. The Morgan fingerprint density at radius 1 is 1.16 bits per heavy atom.